The number of Topliss-reactive ketones (excluding diaryl/α,β-unsaturated/α-hetero) is 1. The molecule has 7 nitrogen and oxygen atoms in total. The van der Waals surface area contributed by atoms with E-state index in [4.69, 9.17) is 0 Å². The van der Waals surface area contributed by atoms with Crippen molar-refractivity contribution in [2.45, 2.75) is 45.2 Å². The standard InChI is InChI=1S/C24H30N2O5/c1-3-16(2)22(26-23(30)18-10-7-11-19(28)14-18)24(31)25-20(21(29)15-27)13-12-17-8-5-4-6-9-17/h4-11,14,16,20,22,27-28H,3,12-13,15H2,1-2H3,(H,25,31)(H,26,30)/t16?,20-,22-/m0/s1. The van der Waals surface area contributed by atoms with Crippen molar-refractivity contribution in [3.05, 3.63) is 65.7 Å². The van der Waals surface area contributed by atoms with Gasteiger partial charge in [-0.3, -0.25) is 14.4 Å². The summed E-state index contributed by atoms with van der Waals surface area (Å²) in [5, 5.41) is 24.4. The molecule has 0 aliphatic rings. The third-order valence-corrected chi connectivity index (χ3v) is 5.32. The number of ketones is 1. The molecule has 7 heteroatoms. The number of hydrogen-bond donors (Lipinski definition) is 4. The van der Waals surface area contributed by atoms with Gasteiger partial charge in [0.1, 0.15) is 18.4 Å². The monoisotopic (exact) mass is 426 g/mol. The summed E-state index contributed by atoms with van der Waals surface area (Å²) in [5.41, 5.74) is 1.25. The molecule has 31 heavy (non-hydrogen) atoms. The highest BCUT2D eigenvalue weighted by Crippen LogP contribution is 2.14. The van der Waals surface area contributed by atoms with Gasteiger partial charge in [0.25, 0.3) is 5.91 Å². The molecule has 2 aromatic rings. The highest BCUT2D eigenvalue weighted by Gasteiger charge is 2.29. The van der Waals surface area contributed by atoms with Crippen molar-refractivity contribution in [3.63, 3.8) is 0 Å². The van der Waals surface area contributed by atoms with Gasteiger partial charge in [-0.1, -0.05) is 56.7 Å². The van der Waals surface area contributed by atoms with Crippen LogP contribution in [0.1, 0.15) is 42.6 Å². The van der Waals surface area contributed by atoms with Crippen LogP contribution in [-0.2, 0) is 16.0 Å². The number of aliphatic hydroxyl groups is 1. The molecular formula is C24H30N2O5. The number of phenols is 1. The van der Waals surface area contributed by atoms with Crippen LogP contribution in [0.5, 0.6) is 5.75 Å². The van der Waals surface area contributed by atoms with E-state index in [-0.39, 0.29) is 17.2 Å². The van der Waals surface area contributed by atoms with E-state index in [2.05, 4.69) is 10.6 Å². The summed E-state index contributed by atoms with van der Waals surface area (Å²) >= 11 is 0. The molecule has 2 amide bonds. The summed E-state index contributed by atoms with van der Waals surface area (Å²) in [4.78, 5) is 37.9. The molecule has 1 unspecified atom stereocenters. The lowest BCUT2D eigenvalue weighted by Crippen LogP contribution is -2.54. The van der Waals surface area contributed by atoms with Crippen LogP contribution in [0, 0.1) is 5.92 Å². The topological polar surface area (TPSA) is 116 Å². The lowest BCUT2D eigenvalue weighted by atomic mass is 9.96. The van der Waals surface area contributed by atoms with Gasteiger partial charge in [-0.25, -0.2) is 0 Å². The molecule has 0 bridgehead atoms. The van der Waals surface area contributed by atoms with Gasteiger partial charge in [0.2, 0.25) is 5.91 Å². The maximum Gasteiger partial charge on any atom is 0.252 e. The molecule has 4 N–H and O–H groups in total. The number of phenolic OH excluding ortho intramolecular Hbond substituents is 1. The van der Waals surface area contributed by atoms with Crippen LogP contribution in [0.4, 0.5) is 0 Å². The zero-order valence-electron chi connectivity index (χ0n) is 17.9. The van der Waals surface area contributed by atoms with Crippen molar-refractivity contribution in [2.24, 2.45) is 5.92 Å². The second kappa shape index (κ2) is 11.9. The van der Waals surface area contributed by atoms with Gasteiger partial charge in [-0.05, 0) is 42.5 Å². The Bertz CT molecular complexity index is 885. The van der Waals surface area contributed by atoms with E-state index < -0.39 is 36.3 Å². The smallest absolute Gasteiger partial charge is 0.252 e. The Hall–Kier alpha value is -3.19. The molecule has 0 heterocycles. The highest BCUT2D eigenvalue weighted by atomic mass is 16.3. The average molecular weight is 427 g/mol. The SMILES string of the molecule is CCC(C)[C@H](NC(=O)c1cccc(O)c1)C(=O)N[C@@H](CCc1ccccc1)C(=O)CO. The van der Waals surface area contributed by atoms with E-state index in [0.29, 0.717) is 19.3 Å². The maximum absolute atomic E-state index is 13.0. The predicted octanol–water partition coefficient (Wildman–Crippen LogP) is 2.22. The van der Waals surface area contributed by atoms with Crippen molar-refractivity contribution in [1.29, 1.82) is 0 Å². The second-order valence-electron chi connectivity index (χ2n) is 7.60. The van der Waals surface area contributed by atoms with E-state index >= 15 is 0 Å². The minimum absolute atomic E-state index is 0.0493. The Kier molecular flexibility index (Phi) is 9.21. The summed E-state index contributed by atoms with van der Waals surface area (Å²) in [6, 6.07) is 13.7. The van der Waals surface area contributed by atoms with Crippen LogP contribution in [0.2, 0.25) is 0 Å². The number of benzene rings is 2. The van der Waals surface area contributed by atoms with E-state index in [1.54, 1.807) is 12.1 Å². The number of rotatable bonds is 11. The molecule has 0 saturated carbocycles. The van der Waals surface area contributed by atoms with Gasteiger partial charge in [0.15, 0.2) is 5.78 Å². The van der Waals surface area contributed by atoms with Gasteiger partial charge in [0, 0.05) is 5.56 Å². The Balaban J connectivity index is 2.11. The number of aliphatic hydroxyl groups excluding tert-OH is 1. The first-order valence-corrected chi connectivity index (χ1v) is 10.4. The number of aromatic hydroxyl groups is 1. The fraction of sp³-hybridized carbons (Fsp3) is 0.375. The number of carbonyl (C=O) groups excluding carboxylic acids is 3. The minimum atomic E-state index is -0.870. The molecular weight excluding hydrogens is 396 g/mol. The lowest BCUT2D eigenvalue weighted by molar-refractivity contribution is -0.131. The molecule has 0 radical (unpaired) electrons. The second-order valence-corrected chi connectivity index (χ2v) is 7.60. The molecule has 0 spiro atoms. The summed E-state index contributed by atoms with van der Waals surface area (Å²) in [6.45, 7) is 3.06. The van der Waals surface area contributed by atoms with Crippen LogP contribution in [0.15, 0.2) is 54.6 Å². The van der Waals surface area contributed by atoms with Crippen molar-refractivity contribution >= 4 is 17.6 Å². The Morgan fingerprint density at radius 3 is 2.32 bits per heavy atom. The lowest BCUT2D eigenvalue weighted by Gasteiger charge is -2.26. The summed E-state index contributed by atoms with van der Waals surface area (Å²) < 4.78 is 0. The van der Waals surface area contributed by atoms with E-state index in [1.807, 2.05) is 44.2 Å². The zero-order valence-corrected chi connectivity index (χ0v) is 17.9. The van der Waals surface area contributed by atoms with Crippen molar-refractivity contribution in [3.8, 4) is 5.75 Å². The number of carbonyl (C=O) groups is 3. The average Bonchev–Trinajstić information content (AvgIpc) is 2.79. The quantitative estimate of drug-likeness (QED) is 0.440. The third kappa shape index (κ3) is 7.22. The molecule has 0 aliphatic carbocycles. The fourth-order valence-electron chi connectivity index (χ4n) is 3.21. The van der Waals surface area contributed by atoms with Crippen molar-refractivity contribution in [2.75, 3.05) is 6.61 Å². The summed E-state index contributed by atoms with van der Waals surface area (Å²) in [6.07, 6.45) is 1.52. The van der Waals surface area contributed by atoms with Gasteiger partial charge in [-0.2, -0.15) is 0 Å². The van der Waals surface area contributed by atoms with E-state index in [0.717, 1.165) is 5.56 Å². The van der Waals surface area contributed by atoms with Crippen molar-refractivity contribution < 1.29 is 24.6 Å². The maximum atomic E-state index is 13.0. The highest BCUT2D eigenvalue weighted by molar-refractivity contribution is 5.99. The normalized spacial score (nSPS) is 13.6. The molecule has 2 rings (SSSR count). The van der Waals surface area contributed by atoms with Crippen LogP contribution in [-0.4, -0.2) is 46.5 Å². The van der Waals surface area contributed by atoms with Crippen LogP contribution >= 0.6 is 0 Å². The number of amides is 2. The molecule has 3 atom stereocenters. The van der Waals surface area contributed by atoms with Gasteiger partial charge in [0.05, 0.1) is 6.04 Å². The van der Waals surface area contributed by atoms with Crippen molar-refractivity contribution in [1.82, 2.24) is 10.6 Å². The number of hydrogen-bond acceptors (Lipinski definition) is 5. The predicted molar refractivity (Wildman–Crippen MR) is 118 cm³/mol. The Morgan fingerprint density at radius 1 is 1.00 bits per heavy atom. The first-order valence-electron chi connectivity index (χ1n) is 10.4. The first-order chi connectivity index (χ1) is 14.8. The molecule has 166 valence electrons. The Labute approximate surface area is 182 Å². The van der Waals surface area contributed by atoms with E-state index in [9.17, 15) is 24.6 Å². The molecule has 0 aromatic heterocycles. The van der Waals surface area contributed by atoms with Gasteiger partial charge < -0.3 is 20.8 Å². The number of aryl methyl sites for hydroxylation is 1. The van der Waals surface area contributed by atoms with Crippen LogP contribution < -0.4 is 10.6 Å². The number of nitrogens with one attached hydrogen (secondary N) is 2. The molecule has 0 saturated heterocycles. The first kappa shape index (κ1) is 24.1. The van der Waals surface area contributed by atoms with Crippen LogP contribution in [0.3, 0.4) is 0 Å². The third-order valence-electron chi connectivity index (χ3n) is 5.32. The zero-order chi connectivity index (χ0) is 22.8. The Morgan fingerprint density at radius 2 is 1.71 bits per heavy atom. The molecule has 0 aliphatic heterocycles. The van der Waals surface area contributed by atoms with E-state index in [1.165, 1.54) is 12.1 Å². The van der Waals surface area contributed by atoms with Crippen LogP contribution in [0.25, 0.3) is 0 Å². The summed E-state index contributed by atoms with van der Waals surface area (Å²) in [5.74, 6) is -1.70. The largest absolute Gasteiger partial charge is 0.508 e. The molecule has 2 aromatic carbocycles. The minimum Gasteiger partial charge on any atom is -0.508 e. The van der Waals surface area contributed by atoms with Gasteiger partial charge >= 0.3 is 0 Å². The summed E-state index contributed by atoms with van der Waals surface area (Å²) in [7, 11) is 0. The fourth-order valence-corrected chi connectivity index (χ4v) is 3.21. The molecule has 0 fully saturated rings. The van der Waals surface area contributed by atoms with Gasteiger partial charge in [-0.15, -0.1) is 0 Å².